The Morgan fingerprint density at radius 3 is 1.91 bits per heavy atom. The lowest BCUT2D eigenvalue weighted by molar-refractivity contribution is 1.25. The van der Waals surface area contributed by atoms with Crippen LogP contribution in [0.25, 0.3) is 5.57 Å². The molecule has 0 unspecified atom stereocenters. The predicted octanol–water partition coefficient (Wildman–Crippen LogP) is 8.37. The Hall–Kier alpha value is -5.06. The highest BCUT2D eigenvalue weighted by atomic mass is 28.3. The van der Waals surface area contributed by atoms with E-state index in [-0.39, 0.29) is 0 Å². The molecule has 0 aromatic heterocycles. The van der Waals surface area contributed by atoms with Gasteiger partial charge in [-0.25, -0.2) is 0 Å². The molecule has 0 radical (unpaired) electrons. The summed E-state index contributed by atoms with van der Waals surface area (Å²) in [6.07, 6.45) is 0. The molecule has 6 aromatic carbocycles. The van der Waals surface area contributed by atoms with E-state index >= 15 is 0 Å². The highest BCUT2D eigenvalue weighted by Gasteiger charge is 2.53. The lowest BCUT2D eigenvalue weighted by Crippen LogP contribution is -2.57. The van der Waals surface area contributed by atoms with Gasteiger partial charge in [0.05, 0.1) is 0 Å². The van der Waals surface area contributed by atoms with E-state index in [2.05, 4.69) is 175 Å². The van der Waals surface area contributed by atoms with E-state index < -0.39 is 8.07 Å². The summed E-state index contributed by atoms with van der Waals surface area (Å²) in [5, 5.41) is 3.26. The lowest BCUT2D eigenvalue weighted by atomic mass is 9.40. The van der Waals surface area contributed by atoms with Crippen LogP contribution in [0.3, 0.4) is 0 Å². The first-order chi connectivity index (χ1) is 21.6. The third-order valence-corrected chi connectivity index (χ3v) is 13.5. The lowest BCUT2D eigenvalue weighted by Gasteiger charge is -2.38. The molecule has 0 bridgehead atoms. The van der Waals surface area contributed by atoms with E-state index in [1.807, 2.05) is 0 Å². The molecule has 0 aliphatic carbocycles. The largest absolute Gasteiger partial charge is 0.311 e. The first-order valence-corrected chi connectivity index (χ1v) is 18.5. The van der Waals surface area contributed by atoms with E-state index in [1.54, 1.807) is 10.3 Å². The molecule has 0 atom stereocenters. The number of hydrogen-bond donors (Lipinski definition) is 0. The second-order valence-electron chi connectivity index (χ2n) is 12.6. The number of benzene rings is 6. The van der Waals surface area contributed by atoms with Crippen molar-refractivity contribution in [3.05, 3.63) is 168 Å². The summed E-state index contributed by atoms with van der Waals surface area (Å²) in [4.78, 5) is 4.85. The summed E-state index contributed by atoms with van der Waals surface area (Å²) < 4.78 is 0. The number of para-hydroxylation sites is 3. The van der Waals surface area contributed by atoms with Crippen LogP contribution in [0.2, 0.25) is 13.1 Å². The van der Waals surface area contributed by atoms with Crippen LogP contribution in [-0.4, -0.2) is 14.8 Å². The third-order valence-electron chi connectivity index (χ3n) is 9.85. The van der Waals surface area contributed by atoms with Gasteiger partial charge >= 0.3 is 0 Å². The quantitative estimate of drug-likeness (QED) is 0.194. The molecule has 3 aliphatic heterocycles. The minimum atomic E-state index is -1.88. The number of hydrogen-bond acceptors (Lipinski definition) is 2. The highest BCUT2D eigenvalue weighted by Crippen LogP contribution is 2.48. The Balaban J connectivity index is 1.25. The van der Waals surface area contributed by atoms with Crippen LogP contribution in [0.4, 0.5) is 34.1 Å². The van der Waals surface area contributed by atoms with Gasteiger partial charge in [-0.05, 0) is 87.4 Å². The zero-order valence-corrected chi connectivity index (χ0v) is 25.9. The van der Waals surface area contributed by atoms with Crippen LogP contribution in [0, 0.1) is 0 Å². The van der Waals surface area contributed by atoms with Crippen LogP contribution in [0.5, 0.6) is 0 Å². The van der Waals surface area contributed by atoms with Crippen LogP contribution >= 0.6 is 0 Å². The SMILES string of the molecule is C[Si]1(C)C2=C(c3ccccc31)c1cccc3c1B2c1ccccc1N3c1cccc(N(c2ccccc2)c2ccccc2)c1. The standard InChI is InChI=1S/C40H31BN2Si/c1-44(2)37-26-12-9-21-32(37)38-33-22-14-25-36-39(33)41(40(38)44)34-23-10-11-24-35(34)43(36)31-20-13-19-30(27-31)42(28-15-5-3-6-16-28)29-17-7-4-8-18-29/h3-27H,1-2H3. The van der Waals surface area contributed by atoms with Gasteiger partial charge in [-0.15, -0.1) is 0 Å². The maximum absolute atomic E-state index is 2.56. The molecule has 0 saturated heterocycles. The molecule has 6 aromatic rings. The Labute approximate surface area is 260 Å². The fraction of sp³-hybridized carbons (Fsp3) is 0.0500. The Morgan fingerprint density at radius 2 is 1.14 bits per heavy atom. The molecular formula is C40H31BN2Si. The molecule has 0 spiro atoms. The van der Waals surface area contributed by atoms with Gasteiger partial charge in [0.2, 0.25) is 6.71 Å². The van der Waals surface area contributed by atoms with Crippen LogP contribution in [0.1, 0.15) is 11.1 Å². The minimum absolute atomic E-state index is 0.297. The topological polar surface area (TPSA) is 6.48 Å². The van der Waals surface area contributed by atoms with Gasteiger partial charge in [-0.1, -0.05) is 115 Å². The molecule has 44 heavy (non-hydrogen) atoms. The molecular weight excluding hydrogens is 547 g/mol. The number of rotatable bonds is 4. The monoisotopic (exact) mass is 578 g/mol. The first kappa shape index (κ1) is 25.4. The summed E-state index contributed by atoms with van der Waals surface area (Å²) in [6.45, 7) is 5.41. The van der Waals surface area contributed by atoms with Crippen molar-refractivity contribution in [2.45, 2.75) is 13.1 Å². The Kier molecular flexibility index (Phi) is 5.48. The average molecular weight is 579 g/mol. The summed E-state index contributed by atoms with van der Waals surface area (Å²) in [5.41, 5.74) is 14.4. The number of anilines is 6. The van der Waals surface area contributed by atoms with Gasteiger partial charge in [-0.3, -0.25) is 0 Å². The average Bonchev–Trinajstić information content (AvgIpc) is 3.54. The van der Waals surface area contributed by atoms with E-state index in [0.717, 1.165) is 17.1 Å². The second-order valence-corrected chi connectivity index (χ2v) is 16.9. The normalized spacial score (nSPS) is 15.0. The van der Waals surface area contributed by atoms with Crippen molar-refractivity contribution in [2.24, 2.45) is 0 Å². The molecule has 3 aliphatic rings. The number of nitrogens with zero attached hydrogens (tertiary/aromatic N) is 2. The van der Waals surface area contributed by atoms with Crippen molar-refractivity contribution < 1.29 is 0 Å². The Morgan fingerprint density at radius 1 is 0.545 bits per heavy atom. The van der Waals surface area contributed by atoms with Crippen molar-refractivity contribution in [1.82, 2.24) is 0 Å². The minimum Gasteiger partial charge on any atom is -0.311 e. The molecule has 0 fully saturated rings. The van der Waals surface area contributed by atoms with E-state index in [9.17, 15) is 0 Å². The summed E-state index contributed by atoms with van der Waals surface area (Å²) in [5.74, 6) is 0. The predicted molar refractivity (Wildman–Crippen MR) is 190 cm³/mol. The van der Waals surface area contributed by atoms with Crippen LogP contribution < -0.4 is 25.9 Å². The fourth-order valence-corrected chi connectivity index (χ4v) is 11.7. The maximum Gasteiger partial charge on any atom is 0.240 e. The van der Waals surface area contributed by atoms with Gasteiger partial charge < -0.3 is 9.80 Å². The van der Waals surface area contributed by atoms with Crippen LogP contribution in [-0.2, 0) is 0 Å². The summed E-state index contributed by atoms with van der Waals surface area (Å²) >= 11 is 0. The van der Waals surface area contributed by atoms with Gasteiger partial charge in [-0.2, -0.15) is 0 Å². The first-order valence-electron chi connectivity index (χ1n) is 15.5. The van der Waals surface area contributed by atoms with E-state index in [4.69, 9.17) is 0 Å². The molecule has 208 valence electrons. The van der Waals surface area contributed by atoms with Crippen molar-refractivity contribution in [3.8, 4) is 0 Å². The highest BCUT2D eigenvalue weighted by molar-refractivity contribution is 7.17. The van der Waals surface area contributed by atoms with Crippen LogP contribution in [0.15, 0.2) is 157 Å². The summed E-state index contributed by atoms with van der Waals surface area (Å²) in [7, 11) is -1.88. The molecule has 0 N–H and O–H groups in total. The summed E-state index contributed by atoms with van der Waals surface area (Å²) in [6, 6.07) is 55.6. The van der Waals surface area contributed by atoms with Crippen molar-refractivity contribution >= 4 is 70.6 Å². The van der Waals surface area contributed by atoms with Gasteiger partial charge in [0, 0.05) is 34.1 Å². The zero-order valence-electron chi connectivity index (χ0n) is 24.9. The Bertz CT molecular complexity index is 2080. The van der Waals surface area contributed by atoms with Crippen molar-refractivity contribution in [3.63, 3.8) is 0 Å². The molecule has 0 saturated carbocycles. The van der Waals surface area contributed by atoms with Crippen molar-refractivity contribution in [1.29, 1.82) is 0 Å². The van der Waals surface area contributed by atoms with Crippen molar-refractivity contribution in [2.75, 3.05) is 9.80 Å². The fourth-order valence-electron chi connectivity index (χ4n) is 8.08. The van der Waals surface area contributed by atoms with E-state index in [0.29, 0.717) is 6.71 Å². The molecule has 0 amide bonds. The smallest absolute Gasteiger partial charge is 0.240 e. The van der Waals surface area contributed by atoms with Gasteiger partial charge in [0.15, 0.2) is 0 Å². The maximum atomic E-state index is 2.56. The molecule has 3 heterocycles. The molecule has 9 rings (SSSR count). The van der Waals surface area contributed by atoms with Gasteiger partial charge in [0.1, 0.15) is 8.07 Å². The van der Waals surface area contributed by atoms with Gasteiger partial charge in [0.25, 0.3) is 0 Å². The molecule has 4 heteroatoms. The number of fused-ring (bicyclic) bond motifs is 6. The third kappa shape index (κ3) is 3.49. The molecule has 2 nitrogen and oxygen atoms in total. The van der Waals surface area contributed by atoms with E-state index in [1.165, 1.54) is 44.7 Å². The zero-order chi connectivity index (χ0) is 29.4. The second kappa shape index (κ2) is 9.47.